The van der Waals surface area contributed by atoms with Gasteiger partial charge >= 0.3 is 0 Å². The molecular weight excluding hydrogens is 206 g/mol. The van der Waals surface area contributed by atoms with Crippen molar-refractivity contribution in [2.75, 3.05) is 0 Å². The molecule has 1 saturated carbocycles. The first-order chi connectivity index (χ1) is 7.15. The lowest BCUT2D eigenvalue weighted by molar-refractivity contribution is 0.0523. The molecule has 1 aliphatic carbocycles. The summed E-state index contributed by atoms with van der Waals surface area (Å²) in [6.07, 6.45) is 6.20. The Morgan fingerprint density at radius 1 is 1.53 bits per heavy atom. The fourth-order valence-corrected chi connectivity index (χ4v) is 3.35. The van der Waals surface area contributed by atoms with Gasteiger partial charge in [-0.15, -0.1) is 11.3 Å². The van der Waals surface area contributed by atoms with Gasteiger partial charge in [0, 0.05) is 11.1 Å². The third-order valence-electron chi connectivity index (χ3n) is 3.34. The van der Waals surface area contributed by atoms with Crippen LogP contribution in [-0.2, 0) is 6.42 Å². The summed E-state index contributed by atoms with van der Waals surface area (Å²) in [6, 6.07) is 0. The van der Waals surface area contributed by atoms with E-state index in [0.717, 1.165) is 30.2 Å². The Morgan fingerprint density at radius 3 is 3.00 bits per heavy atom. The molecular formula is C12H19NOS. The van der Waals surface area contributed by atoms with Gasteiger partial charge in [-0.2, -0.15) is 0 Å². The average molecular weight is 225 g/mol. The van der Waals surface area contributed by atoms with Gasteiger partial charge in [0.25, 0.3) is 0 Å². The van der Waals surface area contributed by atoms with Crippen molar-refractivity contribution in [3.63, 3.8) is 0 Å². The number of aliphatic hydroxyl groups is 1. The first-order valence-electron chi connectivity index (χ1n) is 5.74. The lowest BCUT2D eigenvalue weighted by atomic mass is 9.78. The molecule has 1 heterocycles. The van der Waals surface area contributed by atoms with Crippen LogP contribution in [0.3, 0.4) is 0 Å². The maximum absolute atomic E-state index is 9.94. The molecule has 0 radical (unpaired) electrons. The highest BCUT2D eigenvalue weighted by Gasteiger charge is 2.27. The number of hydrogen-bond donors (Lipinski definition) is 1. The second-order valence-corrected chi connectivity index (χ2v) is 6.11. The Hall–Kier alpha value is -0.410. The molecule has 0 spiro atoms. The maximum Gasteiger partial charge on any atom is 0.0896 e. The SMILES string of the molecule is Cc1ncc(CC2CC(C)CCC2O)s1. The van der Waals surface area contributed by atoms with Gasteiger partial charge in [-0.3, -0.25) is 0 Å². The number of rotatable bonds is 2. The zero-order chi connectivity index (χ0) is 10.8. The molecule has 2 rings (SSSR count). The summed E-state index contributed by atoms with van der Waals surface area (Å²) in [5, 5.41) is 11.1. The van der Waals surface area contributed by atoms with Crippen molar-refractivity contribution in [2.45, 2.75) is 45.6 Å². The summed E-state index contributed by atoms with van der Waals surface area (Å²) >= 11 is 1.76. The molecule has 1 N–H and O–H groups in total. The van der Waals surface area contributed by atoms with Crippen molar-refractivity contribution < 1.29 is 5.11 Å². The van der Waals surface area contributed by atoms with E-state index >= 15 is 0 Å². The van der Waals surface area contributed by atoms with E-state index in [2.05, 4.69) is 11.9 Å². The van der Waals surface area contributed by atoms with E-state index in [1.165, 1.54) is 11.3 Å². The molecule has 0 amide bonds. The minimum atomic E-state index is -0.0939. The number of aromatic nitrogens is 1. The van der Waals surface area contributed by atoms with E-state index in [0.29, 0.717) is 5.92 Å². The van der Waals surface area contributed by atoms with Gasteiger partial charge in [0.05, 0.1) is 11.1 Å². The summed E-state index contributed by atoms with van der Waals surface area (Å²) < 4.78 is 0. The van der Waals surface area contributed by atoms with E-state index in [4.69, 9.17) is 0 Å². The lowest BCUT2D eigenvalue weighted by Gasteiger charge is -2.31. The molecule has 3 heteroatoms. The van der Waals surface area contributed by atoms with Crippen molar-refractivity contribution in [1.82, 2.24) is 4.98 Å². The zero-order valence-corrected chi connectivity index (χ0v) is 10.3. The van der Waals surface area contributed by atoms with Crippen molar-refractivity contribution in [2.24, 2.45) is 11.8 Å². The fourth-order valence-electron chi connectivity index (χ4n) is 2.46. The Kier molecular flexibility index (Phi) is 3.42. The molecule has 3 unspecified atom stereocenters. The van der Waals surface area contributed by atoms with Crippen LogP contribution in [0.4, 0.5) is 0 Å². The maximum atomic E-state index is 9.94. The van der Waals surface area contributed by atoms with Crippen LogP contribution >= 0.6 is 11.3 Å². The summed E-state index contributed by atoms with van der Waals surface area (Å²) in [7, 11) is 0. The van der Waals surface area contributed by atoms with Crippen molar-refractivity contribution in [3.05, 3.63) is 16.1 Å². The van der Waals surface area contributed by atoms with Gasteiger partial charge in [0.1, 0.15) is 0 Å². The smallest absolute Gasteiger partial charge is 0.0896 e. The standard InChI is InChI=1S/C12H19NOS/c1-8-3-4-12(14)10(5-8)6-11-7-13-9(2)15-11/h7-8,10,12,14H,3-6H2,1-2H3. The predicted octanol–water partition coefficient (Wildman–Crippen LogP) is 2.79. The van der Waals surface area contributed by atoms with Crippen molar-refractivity contribution in [3.8, 4) is 0 Å². The zero-order valence-electron chi connectivity index (χ0n) is 9.44. The largest absolute Gasteiger partial charge is 0.393 e. The van der Waals surface area contributed by atoms with Gasteiger partial charge in [-0.1, -0.05) is 6.92 Å². The van der Waals surface area contributed by atoms with E-state index in [-0.39, 0.29) is 6.10 Å². The van der Waals surface area contributed by atoms with Crippen molar-refractivity contribution >= 4 is 11.3 Å². The third-order valence-corrected chi connectivity index (χ3v) is 4.27. The quantitative estimate of drug-likeness (QED) is 0.839. The number of nitrogens with zero attached hydrogens (tertiary/aromatic N) is 1. The number of aliphatic hydroxyl groups excluding tert-OH is 1. The highest BCUT2D eigenvalue weighted by atomic mass is 32.1. The summed E-state index contributed by atoms with van der Waals surface area (Å²) in [5.41, 5.74) is 0. The molecule has 0 aromatic carbocycles. The minimum Gasteiger partial charge on any atom is -0.393 e. The molecule has 0 bridgehead atoms. The third kappa shape index (κ3) is 2.79. The average Bonchev–Trinajstić information content (AvgIpc) is 2.58. The normalized spacial score (nSPS) is 31.8. The Labute approximate surface area is 95.4 Å². The van der Waals surface area contributed by atoms with Crippen LogP contribution in [0, 0.1) is 18.8 Å². The van der Waals surface area contributed by atoms with Gasteiger partial charge in [0.2, 0.25) is 0 Å². The molecule has 0 saturated heterocycles. The van der Waals surface area contributed by atoms with E-state index < -0.39 is 0 Å². The van der Waals surface area contributed by atoms with E-state index in [1.807, 2.05) is 13.1 Å². The lowest BCUT2D eigenvalue weighted by Crippen LogP contribution is -2.29. The van der Waals surface area contributed by atoms with Crippen LogP contribution in [0.25, 0.3) is 0 Å². The van der Waals surface area contributed by atoms with Crippen LogP contribution in [-0.4, -0.2) is 16.2 Å². The summed E-state index contributed by atoms with van der Waals surface area (Å²) in [4.78, 5) is 5.59. The van der Waals surface area contributed by atoms with Crippen LogP contribution < -0.4 is 0 Å². The molecule has 1 aromatic rings. The van der Waals surface area contributed by atoms with Crippen LogP contribution in [0.5, 0.6) is 0 Å². The number of aryl methyl sites for hydroxylation is 1. The highest BCUT2D eigenvalue weighted by Crippen LogP contribution is 2.32. The van der Waals surface area contributed by atoms with Gasteiger partial charge < -0.3 is 5.11 Å². The molecule has 84 valence electrons. The second-order valence-electron chi connectivity index (χ2n) is 4.80. The van der Waals surface area contributed by atoms with Crippen LogP contribution in [0.15, 0.2) is 6.20 Å². The molecule has 3 atom stereocenters. The highest BCUT2D eigenvalue weighted by molar-refractivity contribution is 7.11. The molecule has 1 fully saturated rings. The molecule has 0 aliphatic heterocycles. The van der Waals surface area contributed by atoms with E-state index in [9.17, 15) is 5.11 Å². The summed E-state index contributed by atoms with van der Waals surface area (Å²) in [5.74, 6) is 1.22. The molecule has 1 aromatic heterocycles. The molecule has 1 aliphatic rings. The van der Waals surface area contributed by atoms with Crippen LogP contribution in [0.1, 0.15) is 36.1 Å². The van der Waals surface area contributed by atoms with Gasteiger partial charge in [0.15, 0.2) is 0 Å². The first-order valence-corrected chi connectivity index (χ1v) is 6.56. The number of hydrogen-bond acceptors (Lipinski definition) is 3. The summed E-state index contributed by atoms with van der Waals surface area (Å²) in [6.45, 7) is 4.32. The second kappa shape index (κ2) is 4.62. The van der Waals surface area contributed by atoms with Gasteiger partial charge in [-0.25, -0.2) is 4.98 Å². The van der Waals surface area contributed by atoms with Gasteiger partial charge in [-0.05, 0) is 44.4 Å². The molecule has 15 heavy (non-hydrogen) atoms. The molecule has 2 nitrogen and oxygen atoms in total. The Balaban J connectivity index is 1.98. The monoisotopic (exact) mass is 225 g/mol. The number of thiazole rings is 1. The van der Waals surface area contributed by atoms with Crippen LogP contribution in [0.2, 0.25) is 0 Å². The minimum absolute atomic E-state index is 0.0939. The Bertz CT molecular complexity index is 323. The van der Waals surface area contributed by atoms with Crippen molar-refractivity contribution in [1.29, 1.82) is 0 Å². The fraction of sp³-hybridized carbons (Fsp3) is 0.750. The Morgan fingerprint density at radius 2 is 2.33 bits per heavy atom. The first kappa shape index (κ1) is 11.1. The van der Waals surface area contributed by atoms with E-state index in [1.54, 1.807) is 11.3 Å². The topological polar surface area (TPSA) is 33.1 Å². The predicted molar refractivity (Wildman–Crippen MR) is 63.1 cm³/mol.